The van der Waals surface area contributed by atoms with Crippen LogP contribution < -0.4 is 15.9 Å². The van der Waals surface area contributed by atoms with Gasteiger partial charge in [-0.15, -0.1) is 0 Å². The van der Waals surface area contributed by atoms with Crippen LogP contribution in [-0.2, 0) is 0 Å². The van der Waals surface area contributed by atoms with E-state index in [1.54, 1.807) is 0 Å². The normalized spacial score (nSPS) is 11.1. The first kappa shape index (κ1) is 20.1. The minimum Gasteiger partial charge on any atom is -0.292 e. The van der Waals surface area contributed by atoms with Crippen molar-refractivity contribution in [3.63, 3.8) is 0 Å². The lowest BCUT2D eigenvalue weighted by Crippen LogP contribution is -2.26. The van der Waals surface area contributed by atoms with Crippen molar-refractivity contribution < 1.29 is 4.79 Å². The van der Waals surface area contributed by atoms with Gasteiger partial charge in [-0.25, -0.2) is 0 Å². The summed E-state index contributed by atoms with van der Waals surface area (Å²) in [6, 6.07) is 38.9. The second kappa shape index (κ2) is 9.07. The van der Waals surface area contributed by atoms with Crippen molar-refractivity contribution in [1.29, 1.82) is 0 Å². The predicted molar refractivity (Wildman–Crippen MR) is 128 cm³/mol. The van der Waals surface area contributed by atoms with E-state index in [1.165, 1.54) is 0 Å². The maximum Gasteiger partial charge on any atom is 0.184 e. The first-order valence-corrected chi connectivity index (χ1v) is 11.8. The molecule has 0 fully saturated rings. The van der Waals surface area contributed by atoms with E-state index >= 15 is 0 Å². The molecule has 4 aromatic rings. The Morgan fingerprint density at radius 3 is 1.43 bits per heavy atom. The van der Waals surface area contributed by atoms with E-state index in [-0.39, 0.29) is 12.3 Å². The number of rotatable bonds is 6. The number of benzene rings is 4. The average Bonchev–Trinajstić information content (AvgIpc) is 2.82. The molecule has 0 amide bonds. The third-order valence-electron chi connectivity index (χ3n) is 5.19. The van der Waals surface area contributed by atoms with Crippen LogP contribution in [-0.4, -0.2) is 12.3 Å². The highest BCUT2D eigenvalue weighted by Crippen LogP contribution is 2.46. The maximum absolute atomic E-state index is 13.0. The first-order valence-electron chi connectivity index (χ1n) is 10.0. The third kappa shape index (κ3) is 4.06. The van der Waals surface area contributed by atoms with Gasteiger partial charge in [-0.3, -0.25) is 9.54 Å². The quantitative estimate of drug-likeness (QED) is 0.312. The van der Waals surface area contributed by atoms with Crippen molar-refractivity contribution in [3.8, 4) is 0 Å². The van der Waals surface area contributed by atoms with Crippen LogP contribution in [0.25, 0.3) is 0 Å². The molecule has 30 heavy (non-hydrogen) atoms. The van der Waals surface area contributed by atoms with Gasteiger partial charge < -0.3 is 0 Å². The van der Waals surface area contributed by atoms with Gasteiger partial charge in [0.05, 0.1) is 7.05 Å². The molecule has 0 N–H and O–H groups in total. The third-order valence-corrected chi connectivity index (χ3v) is 8.89. The smallest absolute Gasteiger partial charge is 0.184 e. The number of aryl methyl sites for hydroxylation is 1. The summed E-state index contributed by atoms with van der Waals surface area (Å²) in [5.74, 6) is 0.0437. The molecule has 0 heterocycles. The molecular weight excluding hydrogens is 385 g/mol. The van der Waals surface area contributed by atoms with Gasteiger partial charge >= 0.3 is 0 Å². The van der Waals surface area contributed by atoms with Crippen molar-refractivity contribution in [2.75, 3.05) is 6.54 Å². The van der Waals surface area contributed by atoms with Gasteiger partial charge in [-0.2, -0.15) is 0 Å². The number of nitrogens with zero attached hydrogens (tertiary/aromatic N) is 1. The molecule has 0 aliphatic heterocycles. The molecule has 0 atom stereocenters. The number of Topliss-reactive ketones (excluding diaryl/α,β-unsaturated/α-hetero) is 1. The topological polar surface area (TPSA) is 29.4 Å². The molecule has 0 radical (unpaired) electrons. The summed E-state index contributed by atoms with van der Waals surface area (Å²) in [6.07, 6.45) is 0. The fourth-order valence-corrected chi connectivity index (χ4v) is 7.16. The number of carbonyl (C=O) groups excluding carboxylic acids is 1. The molecule has 0 spiro atoms. The summed E-state index contributed by atoms with van der Waals surface area (Å²) in [5, 5.41) is 3.46. The van der Waals surface area contributed by atoms with Gasteiger partial charge in [0.15, 0.2) is 5.78 Å². The van der Waals surface area contributed by atoms with Crippen molar-refractivity contribution in [3.05, 3.63) is 126 Å². The molecule has 0 aromatic heterocycles. The number of ketones is 1. The highest BCUT2D eigenvalue weighted by molar-refractivity contribution is 7.87. The highest BCUT2D eigenvalue weighted by Gasteiger charge is 2.27. The molecule has 0 saturated heterocycles. The Hall–Kier alpha value is -3.22. The zero-order chi connectivity index (χ0) is 20.8. The average molecular weight is 409 g/mol. The van der Waals surface area contributed by atoms with Crippen LogP contribution in [0.5, 0.6) is 0 Å². The number of carbonyl (C=O) groups is 1. The van der Waals surface area contributed by atoms with Gasteiger partial charge in [-0.05, 0) is 6.92 Å². The van der Waals surface area contributed by atoms with E-state index in [9.17, 15) is 4.79 Å². The van der Waals surface area contributed by atoms with Crippen LogP contribution >= 0.6 is 7.05 Å². The molecule has 2 nitrogen and oxygen atoms in total. The molecule has 3 heteroatoms. The largest absolute Gasteiger partial charge is 0.292 e. The van der Waals surface area contributed by atoms with Crippen LogP contribution in [0.2, 0.25) is 0 Å². The molecular formula is C27H24NOP. The van der Waals surface area contributed by atoms with Crippen molar-refractivity contribution in [1.82, 2.24) is 0 Å². The Bertz CT molecular complexity index is 1060. The van der Waals surface area contributed by atoms with Crippen molar-refractivity contribution in [2.45, 2.75) is 6.92 Å². The van der Waals surface area contributed by atoms with Crippen molar-refractivity contribution in [2.24, 2.45) is 4.74 Å². The summed E-state index contributed by atoms with van der Waals surface area (Å²) >= 11 is 0. The standard InChI is InChI=1S/C27H24NOP/c1-22-17-19-23(20-18-22)27(29)21-28-30(24-11-5-2-6-12-24,25-13-7-3-8-14-25)26-15-9-4-10-16-26/h2-20H,21H2,1H3. The molecule has 0 aliphatic rings. The molecule has 0 saturated carbocycles. The van der Waals surface area contributed by atoms with Crippen molar-refractivity contribution >= 4 is 28.8 Å². The van der Waals surface area contributed by atoms with E-state index in [4.69, 9.17) is 4.74 Å². The Morgan fingerprint density at radius 1 is 0.633 bits per heavy atom. The SMILES string of the molecule is Cc1ccc(C(=O)CN=P(c2ccccc2)(c2ccccc2)c2ccccc2)cc1. The fourth-order valence-electron chi connectivity index (χ4n) is 3.62. The maximum atomic E-state index is 13.0. The summed E-state index contributed by atoms with van der Waals surface area (Å²) in [6.45, 7) is 2.17. The van der Waals surface area contributed by atoms with E-state index in [0.29, 0.717) is 5.56 Å². The zero-order valence-electron chi connectivity index (χ0n) is 17.0. The van der Waals surface area contributed by atoms with Gasteiger partial charge in [0.2, 0.25) is 0 Å². The molecule has 4 aromatic carbocycles. The second-order valence-electron chi connectivity index (χ2n) is 7.23. The first-order chi connectivity index (χ1) is 14.7. The van der Waals surface area contributed by atoms with Gasteiger partial charge in [0.25, 0.3) is 0 Å². The van der Waals surface area contributed by atoms with Gasteiger partial charge in [-0.1, -0.05) is 121 Å². The summed E-state index contributed by atoms with van der Waals surface area (Å²) < 4.78 is 5.23. The number of hydrogen-bond acceptors (Lipinski definition) is 2. The summed E-state index contributed by atoms with van der Waals surface area (Å²) in [4.78, 5) is 13.0. The van der Waals surface area contributed by atoms with Crippen LogP contribution in [0.4, 0.5) is 0 Å². The summed E-state index contributed by atoms with van der Waals surface area (Å²) in [5.41, 5.74) is 1.85. The Kier molecular flexibility index (Phi) is 6.07. The molecule has 0 aliphatic carbocycles. The van der Waals surface area contributed by atoms with E-state index in [0.717, 1.165) is 21.5 Å². The lowest BCUT2D eigenvalue weighted by Gasteiger charge is -2.27. The zero-order valence-corrected chi connectivity index (χ0v) is 17.9. The van der Waals surface area contributed by atoms with E-state index in [1.807, 2.05) is 85.8 Å². The van der Waals surface area contributed by atoms with E-state index in [2.05, 4.69) is 36.4 Å². The lowest BCUT2D eigenvalue weighted by atomic mass is 10.1. The highest BCUT2D eigenvalue weighted by atomic mass is 31.2. The lowest BCUT2D eigenvalue weighted by molar-refractivity contribution is 0.100. The minimum atomic E-state index is -2.33. The number of hydrogen-bond donors (Lipinski definition) is 0. The summed E-state index contributed by atoms with van der Waals surface area (Å²) in [7, 11) is -2.33. The van der Waals surface area contributed by atoms with Crippen LogP contribution in [0, 0.1) is 6.92 Å². The fraction of sp³-hybridized carbons (Fsp3) is 0.0741. The Morgan fingerprint density at radius 2 is 1.03 bits per heavy atom. The monoisotopic (exact) mass is 409 g/mol. The molecule has 0 bridgehead atoms. The molecule has 148 valence electrons. The Labute approximate surface area is 178 Å². The van der Waals surface area contributed by atoms with Gasteiger partial charge in [0.1, 0.15) is 6.54 Å². The van der Waals surface area contributed by atoms with Crippen LogP contribution in [0.15, 0.2) is 120 Å². The predicted octanol–water partition coefficient (Wildman–Crippen LogP) is 5.36. The second-order valence-corrected chi connectivity index (χ2v) is 10.3. The van der Waals surface area contributed by atoms with Crippen LogP contribution in [0.3, 0.4) is 0 Å². The Balaban J connectivity index is 1.91. The minimum absolute atomic E-state index is 0.0437. The van der Waals surface area contributed by atoms with E-state index < -0.39 is 7.05 Å². The molecule has 0 unspecified atom stereocenters. The van der Waals surface area contributed by atoms with Crippen LogP contribution in [0.1, 0.15) is 15.9 Å². The van der Waals surface area contributed by atoms with Gasteiger partial charge in [0, 0.05) is 21.5 Å². The molecule has 4 rings (SSSR count).